The first kappa shape index (κ1) is 9.12. The maximum absolute atomic E-state index is 13.4. The summed E-state index contributed by atoms with van der Waals surface area (Å²) in [6.45, 7) is 5.85. The Labute approximate surface area is 81.5 Å². The average molecular weight is 193 g/mol. The first-order chi connectivity index (χ1) is 6.59. The molecule has 4 heteroatoms. The van der Waals surface area contributed by atoms with Gasteiger partial charge < -0.3 is 0 Å². The van der Waals surface area contributed by atoms with Gasteiger partial charge in [-0.1, -0.05) is 5.21 Å². The van der Waals surface area contributed by atoms with Crippen molar-refractivity contribution in [2.45, 2.75) is 26.8 Å². The van der Waals surface area contributed by atoms with Crippen molar-refractivity contribution >= 4 is 11.0 Å². The van der Waals surface area contributed by atoms with Crippen molar-refractivity contribution < 1.29 is 4.39 Å². The van der Waals surface area contributed by atoms with Crippen molar-refractivity contribution in [2.24, 2.45) is 0 Å². The molecule has 1 heterocycles. The summed E-state index contributed by atoms with van der Waals surface area (Å²) in [6.07, 6.45) is 0. The fourth-order valence-electron chi connectivity index (χ4n) is 1.51. The normalized spacial score (nSPS) is 11.5. The molecule has 2 aromatic rings. The van der Waals surface area contributed by atoms with Crippen LogP contribution in [0.15, 0.2) is 12.1 Å². The van der Waals surface area contributed by atoms with E-state index in [1.54, 1.807) is 4.68 Å². The molecule has 0 aliphatic heterocycles. The van der Waals surface area contributed by atoms with Crippen LogP contribution in [0.4, 0.5) is 4.39 Å². The summed E-state index contributed by atoms with van der Waals surface area (Å²) in [5.41, 5.74) is 2.00. The third-order valence-electron chi connectivity index (χ3n) is 2.16. The minimum absolute atomic E-state index is 0.196. The monoisotopic (exact) mass is 193 g/mol. The third-order valence-corrected chi connectivity index (χ3v) is 2.16. The van der Waals surface area contributed by atoms with Crippen molar-refractivity contribution in [3.05, 3.63) is 23.5 Å². The number of benzene rings is 1. The minimum Gasteiger partial charge on any atom is -0.242 e. The molecule has 74 valence electrons. The minimum atomic E-state index is -0.299. The van der Waals surface area contributed by atoms with E-state index in [0.717, 1.165) is 11.1 Å². The predicted octanol–water partition coefficient (Wildman–Crippen LogP) is 2.46. The van der Waals surface area contributed by atoms with Gasteiger partial charge in [-0.3, -0.25) is 0 Å². The number of fused-ring (bicyclic) bond motifs is 1. The molecule has 0 amide bonds. The topological polar surface area (TPSA) is 30.7 Å². The van der Waals surface area contributed by atoms with Crippen LogP contribution < -0.4 is 0 Å². The van der Waals surface area contributed by atoms with E-state index in [1.807, 2.05) is 26.8 Å². The van der Waals surface area contributed by atoms with Gasteiger partial charge in [-0.25, -0.2) is 9.07 Å². The van der Waals surface area contributed by atoms with Crippen LogP contribution in [0.5, 0.6) is 0 Å². The lowest BCUT2D eigenvalue weighted by atomic mass is 10.2. The molecular weight excluding hydrogens is 181 g/mol. The number of nitrogens with zero attached hydrogens (tertiary/aromatic N) is 3. The Kier molecular flexibility index (Phi) is 1.98. The molecule has 14 heavy (non-hydrogen) atoms. The number of hydrogen-bond acceptors (Lipinski definition) is 2. The lowest BCUT2D eigenvalue weighted by Crippen LogP contribution is -2.02. The second-order valence-electron chi connectivity index (χ2n) is 3.74. The predicted molar refractivity (Wildman–Crippen MR) is 52.6 cm³/mol. The zero-order valence-corrected chi connectivity index (χ0v) is 8.45. The van der Waals surface area contributed by atoms with Gasteiger partial charge in [-0.2, -0.15) is 0 Å². The van der Waals surface area contributed by atoms with Crippen molar-refractivity contribution in [3.8, 4) is 0 Å². The van der Waals surface area contributed by atoms with Crippen molar-refractivity contribution in [3.63, 3.8) is 0 Å². The molecule has 0 spiro atoms. The molecule has 1 aromatic heterocycles. The van der Waals surface area contributed by atoms with E-state index in [4.69, 9.17) is 0 Å². The first-order valence-corrected chi connectivity index (χ1v) is 4.60. The van der Waals surface area contributed by atoms with E-state index >= 15 is 0 Å². The van der Waals surface area contributed by atoms with Gasteiger partial charge in [0.2, 0.25) is 0 Å². The molecule has 0 radical (unpaired) electrons. The average Bonchev–Trinajstić information content (AvgIpc) is 2.47. The molecule has 0 unspecified atom stereocenters. The molecule has 0 bridgehead atoms. The van der Waals surface area contributed by atoms with Gasteiger partial charge in [0.1, 0.15) is 5.52 Å². The van der Waals surface area contributed by atoms with E-state index in [2.05, 4.69) is 10.3 Å². The Balaban J connectivity index is 2.78. The highest BCUT2D eigenvalue weighted by Gasteiger charge is 2.11. The summed E-state index contributed by atoms with van der Waals surface area (Å²) in [7, 11) is 0. The largest absolute Gasteiger partial charge is 0.242 e. The van der Waals surface area contributed by atoms with Crippen LogP contribution >= 0.6 is 0 Å². The second-order valence-corrected chi connectivity index (χ2v) is 3.74. The van der Waals surface area contributed by atoms with E-state index in [0.29, 0.717) is 5.52 Å². The fraction of sp³-hybridized carbons (Fsp3) is 0.400. The third kappa shape index (κ3) is 1.27. The quantitative estimate of drug-likeness (QED) is 0.696. The van der Waals surface area contributed by atoms with E-state index in [-0.39, 0.29) is 11.9 Å². The zero-order chi connectivity index (χ0) is 10.3. The second kappa shape index (κ2) is 3.04. The maximum Gasteiger partial charge on any atom is 0.153 e. The molecule has 0 N–H and O–H groups in total. The van der Waals surface area contributed by atoms with Gasteiger partial charge in [0.05, 0.1) is 5.52 Å². The number of halogens is 1. The van der Waals surface area contributed by atoms with Gasteiger partial charge >= 0.3 is 0 Å². The lowest BCUT2D eigenvalue weighted by Gasteiger charge is -2.05. The van der Waals surface area contributed by atoms with E-state index in [9.17, 15) is 4.39 Å². The van der Waals surface area contributed by atoms with Gasteiger partial charge in [0.15, 0.2) is 5.82 Å². The molecule has 0 aliphatic rings. The number of aromatic nitrogens is 3. The van der Waals surface area contributed by atoms with Crippen LogP contribution in [0.1, 0.15) is 25.5 Å². The Morgan fingerprint density at radius 1 is 1.36 bits per heavy atom. The van der Waals surface area contributed by atoms with Crippen molar-refractivity contribution in [1.82, 2.24) is 15.0 Å². The molecule has 3 nitrogen and oxygen atoms in total. The maximum atomic E-state index is 13.4. The smallest absolute Gasteiger partial charge is 0.153 e. The highest BCUT2D eigenvalue weighted by atomic mass is 19.1. The van der Waals surface area contributed by atoms with E-state index < -0.39 is 0 Å². The van der Waals surface area contributed by atoms with E-state index in [1.165, 1.54) is 6.07 Å². The van der Waals surface area contributed by atoms with Crippen LogP contribution in [0.3, 0.4) is 0 Å². The van der Waals surface area contributed by atoms with Crippen molar-refractivity contribution in [2.75, 3.05) is 0 Å². The van der Waals surface area contributed by atoms with Crippen LogP contribution in [-0.4, -0.2) is 15.0 Å². The summed E-state index contributed by atoms with van der Waals surface area (Å²) in [5, 5.41) is 7.74. The summed E-state index contributed by atoms with van der Waals surface area (Å²) in [4.78, 5) is 0. The molecule has 1 aromatic carbocycles. The molecular formula is C10H12FN3. The van der Waals surface area contributed by atoms with Gasteiger partial charge in [0.25, 0.3) is 0 Å². The Morgan fingerprint density at radius 2 is 2.07 bits per heavy atom. The number of aryl methyl sites for hydroxylation is 1. The Hall–Kier alpha value is -1.45. The first-order valence-electron chi connectivity index (χ1n) is 4.60. The summed E-state index contributed by atoms with van der Waals surface area (Å²) >= 11 is 0. The van der Waals surface area contributed by atoms with Crippen LogP contribution in [-0.2, 0) is 0 Å². The molecule has 0 saturated carbocycles. The molecule has 0 saturated heterocycles. The summed E-state index contributed by atoms with van der Waals surface area (Å²) in [5.74, 6) is -0.299. The Morgan fingerprint density at radius 3 is 2.71 bits per heavy atom. The van der Waals surface area contributed by atoms with Crippen LogP contribution in [0, 0.1) is 12.7 Å². The highest BCUT2D eigenvalue weighted by Crippen LogP contribution is 2.19. The fourth-order valence-corrected chi connectivity index (χ4v) is 1.51. The molecule has 0 aliphatic carbocycles. The van der Waals surface area contributed by atoms with Gasteiger partial charge in [-0.05, 0) is 38.5 Å². The van der Waals surface area contributed by atoms with Crippen molar-refractivity contribution in [1.29, 1.82) is 0 Å². The standard InChI is InChI=1S/C10H12FN3/c1-6(2)14-9-5-7(3)4-8(11)10(9)12-13-14/h4-6H,1-3H3. The number of hydrogen-bond donors (Lipinski definition) is 0. The molecule has 0 fully saturated rings. The Bertz CT molecular complexity index is 473. The van der Waals surface area contributed by atoms with Crippen LogP contribution in [0.25, 0.3) is 11.0 Å². The molecule has 0 atom stereocenters. The highest BCUT2D eigenvalue weighted by molar-refractivity contribution is 5.75. The summed E-state index contributed by atoms with van der Waals surface area (Å²) in [6, 6.07) is 3.57. The molecule has 2 rings (SSSR count). The lowest BCUT2D eigenvalue weighted by molar-refractivity contribution is 0.530. The van der Waals surface area contributed by atoms with Gasteiger partial charge in [0, 0.05) is 6.04 Å². The number of rotatable bonds is 1. The summed E-state index contributed by atoms with van der Waals surface area (Å²) < 4.78 is 15.1. The zero-order valence-electron chi connectivity index (χ0n) is 8.45. The van der Waals surface area contributed by atoms with Gasteiger partial charge in [-0.15, -0.1) is 5.10 Å². The SMILES string of the molecule is Cc1cc(F)c2nnn(C(C)C)c2c1. The van der Waals surface area contributed by atoms with Crippen LogP contribution in [0.2, 0.25) is 0 Å².